The summed E-state index contributed by atoms with van der Waals surface area (Å²) in [5, 5.41) is 10.7. The first-order valence-electron chi connectivity index (χ1n) is 10.5. The summed E-state index contributed by atoms with van der Waals surface area (Å²) in [5.74, 6) is 0.802. The van der Waals surface area contributed by atoms with Crippen LogP contribution < -0.4 is 9.61 Å². The van der Waals surface area contributed by atoms with Gasteiger partial charge in [-0.25, -0.2) is 0 Å². The molecule has 1 aliphatic rings. The van der Waals surface area contributed by atoms with Crippen molar-refractivity contribution >= 4 is 34.8 Å². The third-order valence-corrected chi connectivity index (χ3v) is 6.38. The van der Waals surface area contributed by atoms with Gasteiger partial charge < -0.3 is 9.84 Å². The third-order valence-electron chi connectivity index (χ3n) is 5.46. The maximum atomic E-state index is 12.5. The molecule has 0 fully saturated rings. The van der Waals surface area contributed by atoms with Crippen LogP contribution in [0.5, 0.6) is 11.6 Å². The first kappa shape index (κ1) is 21.8. The summed E-state index contributed by atoms with van der Waals surface area (Å²) < 4.78 is 7.26. The first-order chi connectivity index (χ1) is 15.3. The Hall–Kier alpha value is -3.38. The fraction of sp³-hybridized carbons (Fsp3) is 0.231. The Bertz CT molecular complexity index is 1290. The Morgan fingerprint density at radius 3 is 2.69 bits per heavy atom. The van der Waals surface area contributed by atoms with Crippen molar-refractivity contribution in [2.45, 2.75) is 33.2 Å². The summed E-state index contributed by atoms with van der Waals surface area (Å²) in [4.78, 5) is 25.1. The Labute approximate surface area is 190 Å². The average molecular weight is 448 g/mol. The monoisotopic (exact) mass is 447 g/mol. The number of aromatic hydroxyl groups is 1. The van der Waals surface area contributed by atoms with Crippen LogP contribution in [0.25, 0.3) is 17.7 Å². The van der Waals surface area contributed by atoms with Crippen LogP contribution in [0.15, 0.2) is 53.3 Å². The number of aromatic nitrogens is 1. The minimum atomic E-state index is -0.293. The zero-order valence-corrected chi connectivity index (χ0v) is 19.1. The number of carbonyl (C=O) groups is 1. The number of carbonyl (C=O) groups excluding carboxylic acids is 1. The number of rotatable bonds is 6. The second kappa shape index (κ2) is 9.01. The van der Waals surface area contributed by atoms with Gasteiger partial charge in [0, 0.05) is 5.57 Å². The van der Waals surface area contributed by atoms with Gasteiger partial charge in [-0.05, 0) is 53.3 Å². The molecule has 0 bridgehead atoms. The molecule has 1 aliphatic carbocycles. The van der Waals surface area contributed by atoms with E-state index in [0.29, 0.717) is 16.4 Å². The smallest absolute Gasteiger partial charge is 0.310 e. The SMILES string of the molecule is Cc1ccc(C(C)C)c(OCCn2c(O)c(/C=C3\C(=O)C=Cc4ccccc43)sc2=O)c1. The number of allylic oxidation sites excluding steroid dienone is 2. The highest BCUT2D eigenvalue weighted by molar-refractivity contribution is 7.10. The zero-order valence-electron chi connectivity index (χ0n) is 18.3. The second-order valence-corrected chi connectivity index (χ2v) is 9.09. The lowest BCUT2D eigenvalue weighted by atomic mass is 9.91. The van der Waals surface area contributed by atoms with E-state index in [2.05, 4.69) is 26.0 Å². The van der Waals surface area contributed by atoms with E-state index in [4.69, 9.17) is 4.74 Å². The summed E-state index contributed by atoms with van der Waals surface area (Å²) in [5.41, 5.74) is 4.38. The van der Waals surface area contributed by atoms with E-state index in [1.54, 1.807) is 12.2 Å². The van der Waals surface area contributed by atoms with Crippen molar-refractivity contribution in [3.63, 3.8) is 0 Å². The molecule has 6 heteroatoms. The normalized spacial score (nSPS) is 14.2. The predicted molar refractivity (Wildman–Crippen MR) is 129 cm³/mol. The molecule has 1 heterocycles. The molecule has 3 aromatic rings. The Balaban J connectivity index is 1.57. The van der Waals surface area contributed by atoms with Gasteiger partial charge in [-0.2, -0.15) is 0 Å². The van der Waals surface area contributed by atoms with Crippen molar-refractivity contribution in [2.24, 2.45) is 0 Å². The summed E-state index contributed by atoms with van der Waals surface area (Å²) in [6.07, 6.45) is 4.88. The number of nitrogens with zero attached hydrogens (tertiary/aromatic N) is 1. The highest BCUT2D eigenvalue weighted by Gasteiger charge is 2.20. The van der Waals surface area contributed by atoms with Gasteiger partial charge in [-0.3, -0.25) is 14.2 Å². The standard InChI is InChI=1S/C26H25NO4S/c1-16(2)19-10-8-17(3)14-23(19)31-13-12-27-25(29)24(32-26(27)30)15-21-20-7-5-4-6-18(20)9-11-22(21)28/h4-11,14-16,29H,12-13H2,1-3H3/b21-15-. The molecule has 0 radical (unpaired) electrons. The number of ketones is 1. The Morgan fingerprint density at radius 1 is 1.12 bits per heavy atom. The fourth-order valence-corrected chi connectivity index (χ4v) is 4.61. The molecule has 164 valence electrons. The molecule has 0 spiro atoms. The minimum absolute atomic E-state index is 0.149. The lowest BCUT2D eigenvalue weighted by Crippen LogP contribution is -2.17. The highest BCUT2D eigenvalue weighted by atomic mass is 32.1. The van der Waals surface area contributed by atoms with Crippen LogP contribution >= 0.6 is 11.3 Å². The maximum Gasteiger partial charge on any atom is 0.310 e. The van der Waals surface area contributed by atoms with Crippen molar-refractivity contribution < 1.29 is 14.6 Å². The van der Waals surface area contributed by atoms with E-state index < -0.39 is 0 Å². The molecule has 0 saturated heterocycles. The maximum absolute atomic E-state index is 12.5. The van der Waals surface area contributed by atoms with Crippen molar-refractivity contribution in [3.05, 3.63) is 85.3 Å². The molecule has 2 aromatic carbocycles. The fourth-order valence-electron chi connectivity index (χ4n) is 3.75. The molecule has 0 atom stereocenters. The largest absolute Gasteiger partial charge is 0.493 e. The van der Waals surface area contributed by atoms with Crippen LogP contribution in [0.2, 0.25) is 0 Å². The number of ether oxygens (including phenoxy) is 1. The molecule has 32 heavy (non-hydrogen) atoms. The van der Waals surface area contributed by atoms with Crippen LogP contribution in [0.1, 0.15) is 46.9 Å². The summed E-state index contributed by atoms with van der Waals surface area (Å²) in [6, 6.07) is 13.6. The Morgan fingerprint density at radius 2 is 1.91 bits per heavy atom. The predicted octanol–water partition coefficient (Wildman–Crippen LogP) is 5.26. The average Bonchev–Trinajstić information content (AvgIpc) is 3.03. The highest BCUT2D eigenvalue weighted by Crippen LogP contribution is 2.32. The van der Waals surface area contributed by atoms with Gasteiger partial charge >= 0.3 is 4.87 Å². The van der Waals surface area contributed by atoms with E-state index in [1.165, 1.54) is 10.6 Å². The van der Waals surface area contributed by atoms with Crippen molar-refractivity contribution in [3.8, 4) is 11.6 Å². The quantitative estimate of drug-likeness (QED) is 0.523. The molecular formula is C26H25NO4S. The number of fused-ring (bicyclic) bond motifs is 1. The molecular weight excluding hydrogens is 422 g/mol. The zero-order chi connectivity index (χ0) is 22.8. The van der Waals surface area contributed by atoms with Gasteiger partial charge in [0.25, 0.3) is 0 Å². The van der Waals surface area contributed by atoms with Crippen molar-refractivity contribution in [1.82, 2.24) is 4.57 Å². The van der Waals surface area contributed by atoms with Crippen LogP contribution in [0.4, 0.5) is 0 Å². The van der Waals surface area contributed by atoms with Crippen molar-refractivity contribution in [1.29, 1.82) is 0 Å². The van der Waals surface area contributed by atoms with E-state index in [9.17, 15) is 14.7 Å². The van der Waals surface area contributed by atoms with Crippen molar-refractivity contribution in [2.75, 3.05) is 6.61 Å². The molecule has 0 saturated carbocycles. The molecule has 4 rings (SSSR count). The van der Waals surface area contributed by atoms with Crippen LogP contribution in [-0.2, 0) is 11.3 Å². The van der Waals surface area contributed by atoms with E-state index in [-0.39, 0.29) is 29.7 Å². The van der Waals surface area contributed by atoms with Crippen LogP contribution in [-0.4, -0.2) is 22.1 Å². The van der Waals surface area contributed by atoms with Gasteiger partial charge in [0.1, 0.15) is 12.4 Å². The van der Waals surface area contributed by atoms with Crippen LogP contribution in [0.3, 0.4) is 0 Å². The number of aryl methyl sites for hydroxylation is 1. The first-order valence-corrected chi connectivity index (χ1v) is 11.4. The summed E-state index contributed by atoms with van der Waals surface area (Å²) in [7, 11) is 0. The van der Waals surface area contributed by atoms with Gasteiger partial charge in [0.2, 0.25) is 5.88 Å². The Kier molecular flexibility index (Phi) is 6.15. The molecule has 5 nitrogen and oxygen atoms in total. The van der Waals surface area contributed by atoms with Gasteiger partial charge in [-0.15, -0.1) is 0 Å². The minimum Gasteiger partial charge on any atom is -0.493 e. The van der Waals surface area contributed by atoms with E-state index in [1.807, 2.05) is 37.3 Å². The molecule has 0 amide bonds. The lowest BCUT2D eigenvalue weighted by molar-refractivity contribution is -0.109. The number of thiazole rings is 1. The van der Waals surface area contributed by atoms with E-state index >= 15 is 0 Å². The van der Waals surface area contributed by atoms with Gasteiger partial charge in [0.05, 0.1) is 11.4 Å². The molecule has 0 aliphatic heterocycles. The molecule has 1 aromatic heterocycles. The van der Waals surface area contributed by atoms with Gasteiger partial charge in [-0.1, -0.05) is 67.7 Å². The number of benzene rings is 2. The topological polar surface area (TPSA) is 68.5 Å². The molecule has 1 N–H and O–H groups in total. The summed E-state index contributed by atoms with van der Waals surface area (Å²) >= 11 is 0.917. The number of hydrogen-bond acceptors (Lipinski definition) is 5. The van der Waals surface area contributed by atoms with Crippen LogP contribution in [0, 0.1) is 6.92 Å². The van der Waals surface area contributed by atoms with E-state index in [0.717, 1.165) is 39.3 Å². The second-order valence-electron chi connectivity index (χ2n) is 8.09. The third kappa shape index (κ3) is 4.32. The summed E-state index contributed by atoms with van der Waals surface area (Å²) in [6.45, 7) is 6.67. The lowest BCUT2D eigenvalue weighted by Gasteiger charge is -2.15. The molecule has 0 unspecified atom stereocenters. The number of hydrogen-bond donors (Lipinski definition) is 1. The van der Waals surface area contributed by atoms with Gasteiger partial charge in [0.15, 0.2) is 5.78 Å².